The number of thiocarbonyl (C=S) groups is 1. The first-order valence-electron chi connectivity index (χ1n) is 6.21. The summed E-state index contributed by atoms with van der Waals surface area (Å²) in [7, 11) is 0. The Bertz CT molecular complexity index is 515. The van der Waals surface area contributed by atoms with Crippen LogP contribution < -0.4 is 5.32 Å². The van der Waals surface area contributed by atoms with Crippen molar-refractivity contribution in [1.82, 2.24) is 5.32 Å². The molecular formula is C13H17Br2NO2S2. The first-order valence-corrected chi connectivity index (χ1v) is 9.02. The minimum absolute atomic E-state index is 0.0964. The molecule has 0 aliphatic carbocycles. The van der Waals surface area contributed by atoms with Gasteiger partial charge < -0.3 is 10.1 Å². The van der Waals surface area contributed by atoms with E-state index in [0.29, 0.717) is 11.6 Å². The van der Waals surface area contributed by atoms with Crippen LogP contribution in [0.4, 0.5) is 0 Å². The monoisotopic (exact) mass is 441 g/mol. The molecule has 0 saturated heterocycles. The molecule has 112 valence electrons. The molecule has 0 spiro atoms. The summed E-state index contributed by atoms with van der Waals surface area (Å²) in [5.74, 6) is -0.170. The molecule has 0 aliphatic heterocycles. The van der Waals surface area contributed by atoms with Crippen LogP contribution in [-0.4, -0.2) is 23.6 Å². The maximum absolute atomic E-state index is 11.9. The summed E-state index contributed by atoms with van der Waals surface area (Å²) in [4.78, 5) is 13.5. The number of esters is 1. The van der Waals surface area contributed by atoms with Gasteiger partial charge in [-0.2, -0.15) is 0 Å². The van der Waals surface area contributed by atoms with Crippen molar-refractivity contribution in [3.63, 3.8) is 0 Å². The summed E-state index contributed by atoms with van der Waals surface area (Å²) >= 11 is 14.0. The van der Waals surface area contributed by atoms with E-state index in [0.717, 1.165) is 18.7 Å². The van der Waals surface area contributed by atoms with E-state index in [1.165, 1.54) is 0 Å². The summed E-state index contributed by atoms with van der Waals surface area (Å²) in [6, 6.07) is -0.429. The van der Waals surface area contributed by atoms with E-state index in [9.17, 15) is 4.79 Å². The van der Waals surface area contributed by atoms with Crippen LogP contribution in [0.5, 0.6) is 0 Å². The average Bonchev–Trinajstić information content (AvgIpc) is 2.63. The number of nitrogens with one attached hydrogen (secondary N) is 1. The van der Waals surface area contributed by atoms with Gasteiger partial charge in [0, 0.05) is 4.47 Å². The fourth-order valence-corrected chi connectivity index (χ4v) is 4.20. The van der Waals surface area contributed by atoms with Gasteiger partial charge in [0.25, 0.3) is 0 Å². The maximum atomic E-state index is 11.9. The Hall–Kier alpha value is 0.0200. The van der Waals surface area contributed by atoms with Crippen molar-refractivity contribution in [2.75, 3.05) is 6.61 Å². The second-order valence-corrected chi connectivity index (χ2v) is 8.13. The highest BCUT2D eigenvalue weighted by Crippen LogP contribution is 2.37. The Labute approximate surface area is 145 Å². The van der Waals surface area contributed by atoms with Gasteiger partial charge in [-0.3, -0.25) is 0 Å². The van der Waals surface area contributed by atoms with Gasteiger partial charge in [-0.15, -0.1) is 11.3 Å². The van der Waals surface area contributed by atoms with Crippen molar-refractivity contribution in [2.45, 2.75) is 33.7 Å². The second-order valence-electron chi connectivity index (χ2n) is 4.59. The van der Waals surface area contributed by atoms with E-state index >= 15 is 0 Å². The Balaban J connectivity index is 2.91. The van der Waals surface area contributed by atoms with Gasteiger partial charge in [-0.25, -0.2) is 4.79 Å². The number of hydrogen-bond donors (Lipinski definition) is 1. The molecule has 0 bridgehead atoms. The van der Waals surface area contributed by atoms with E-state index in [-0.39, 0.29) is 11.9 Å². The Morgan fingerprint density at radius 1 is 1.45 bits per heavy atom. The highest BCUT2D eigenvalue weighted by Gasteiger charge is 2.26. The Kier molecular flexibility index (Phi) is 7.11. The Morgan fingerprint density at radius 3 is 2.45 bits per heavy atom. The standard InChI is InChI=1S/C13H17Br2NO2S2/c1-5-18-13(17)9(6(2)3)16-12(19)10-7(4)8(14)11(15)20-10/h6,9H,5H2,1-4H3,(H,16,19). The summed E-state index contributed by atoms with van der Waals surface area (Å²) in [5.41, 5.74) is 1.06. The Morgan fingerprint density at radius 2 is 2.05 bits per heavy atom. The zero-order chi connectivity index (χ0) is 15.4. The third-order valence-corrected chi connectivity index (χ3v) is 6.95. The van der Waals surface area contributed by atoms with E-state index in [4.69, 9.17) is 17.0 Å². The molecule has 0 amide bonds. The van der Waals surface area contributed by atoms with E-state index in [1.54, 1.807) is 18.3 Å². The smallest absolute Gasteiger partial charge is 0.328 e. The molecule has 0 aliphatic rings. The first-order chi connectivity index (χ1) is 9.29. The SMILES string of the molecule is CCOC(=O)C(NC(=S)c1sc(Br)c(Br)c1C)C(C)C. The van der Waals surface area contributed by atoms with Crippen LogP contribution in [0.2, 0.25) is 0 Å². The highest BCUT2D eigenvalue weighted by molar-refractivity contribution is 9.13. The van der Waals surface area contributed by atoms with Gasteiger partial charge in [0.2, 0.25) is 0 Å². The molecule has 1 aromatic rings. The zero-order valence-electron chi connectivity index (χ0n) is 11.8. The number of halogens is 2. The average molecular weight is 443 g/mol. The van der Waals surface area contributed by atoms with E-state index in [2.05, 4.69) is 37.2 Å². The summed E-state index contributed by atoms with van der Waals surface area (Å²) in [6.07, 6.45) is 0. The topological polar surface area (TPSA) is 38.3 Å². The molecule has 0 fully saturated rings. The van der Waals surface area contributed by atoms with Gasteiger partial charge in [0.1, 0.15) is 11.0 Å². The van der Waals surface area contributed by atoms with Gasteiger partial charge in [0.15, 0.2) is 0 Å². The second kappa shape index (κ2) is 7.87. The number of rotatable bonds is 5. The molecule has 7 heteroatoms. The fraction of sp³-hybridized carbons (Fsp3) is 0.538. The lowest BCUT2D eigenvalue weighted by Gasteiger charge is -2.21. The van der Waals surface area contributed by atoms with Crippen LogP contribution in [0.25, 0.3) is 0 Å². The van der Waals surface area contributed by atoms with Crippen LogP contribution in [-0.2, 0) is 9.53 Å². The van der Waals surface area contributed by atoms with Crippen LogP contribution in [0, 0.1) is 12.8 Å². The maximum Gasteiger partial charge on any atom is 0.328 e. The fourth-order valence-electron chi connectivity index (χ4n) is 1.61. The predicted molar refractivity (Wildman–Crippen MR) is 94.6 cm³/mol. The molecule has 1 aromatic heterocycles. The molecule has 1 rings (SSSR count). The van der Waals surface area contributed by atoms with E-state index < -0.39 is 6.04 Å². The van der Waals surface area contributed by atoms with Gasteiger partial charge in [0.05, 0.1) is 15.3 Å². The number of hydrogen-bond acceptors (Lipinski definition) is 4. The molecule has 3 nitrogen and oxygen atoms in total. The predicted octanol–water partition coefficient (Wildman–Crippen LogP) is 4.43. The lowest BCUT2D eigenvalue weighted by Crippen LogP contribution is -2.44. The minimum Gasteiger partial charge on any atom is -0.464 e. The number of thiophene rings is 1. The highest BCUT2D eigenvalue weighted by atomic mass is 79.9. The molecule has 1 unspecified atom stereocenters. The van der Waals surface area contributed by atoms with Crippen molar-refractivity contribution in [1.29, 1.82) is 0 Å². The number of ether oxygens (including phenoxy) is 1. The van der Waals surface area contributed by atoms with E-state index in [1.807, 2.05) is 20.8 Å². The number of carbonyl (C=O) groups excluding carboxylic acids is 1. The van der Waals surface area contributed by atoms with Crippen LogP contribution >= 0.6 is 55.4 Å². The van der Waals surface area contributed by atoms with Crippen LogP contribution in [0.1, 0.15) is 31.2 Å². The molecule has 1 heterocycles. The molecule has 1 N–H and O–H groups in total. The van der Waals surface area contributed by atoms with Crippen LogP contribution in [0.15, 0.2) is 8.26 Å². The van der Waals surface area contributed by atoms with Crippen molar-refractivity contribution < 1.29 is 9.53 Å². The molecule has 0 aromatic carbocycles. The molecule has 20 heavy (non-hydrogen) atoms. The lowest BCUT2D eigenvalue weighted by atomic mass is 10.0. The summed E-state index contributed by atoms with van der Waals surface area (Å²) < 4.78 is 7.08. The summed E-state index contributed by atoms with van der Waals surface area (Å²) in [5, 5.41) is 3.12. The van der Waals surface area contributed by atoms with Crippen LogP contribution in [0.3, 0.4) is 0 Å². The minimum atomic E-state index is -0.429. The third kappa shape index (κ3) is 4.26. The quantitative estimate of drug-likeness (QED) is 0.540. The van der Waals surface area contributed by atoms with Gasteiger partial charge in [-0.05, 0) is 57.2 Å². The third-order valence-electron chi connectivity index (χ3n) is 2.73. The van der Waals surface area contributed by atoms with Gasteiger partial charge in [-0.1, -0.05) is 26.1 Å². The zero-order valence-corrected chi connectivity index (χ0v) is 16.6. The first kappa shape index (κ1) is 18.1. The van der Waals surface area contributed by atoms with Crippen molar-refractivity contribution >= 4 is 66.4 Å². The lowest BCUT2D eigenvalue weighted by molar-refractivity contribution is -0.146. The largest absolute Gasteiger partial charge is 0.464 e. The molecule has 0 saturated carbocycles. The van der Waals surface area contributed by atoms with Crippen molar-refractivity contribution in [2.24, 2.45) is 5.92 Å². The molecular weight excluding hydrogens is 426 g/mol. The summed E-state index contributed by atoms with van der Waals surface area (Å²) in [6.45, 7) is 8.08. The number of carbonyl (C=O) groups is 1. The van der Waals surface area contributed by atoms with Gasteiger partial charge >= 0.3 is 5.97 Å². The molecule has 0 radical (unpaired) electrons. The van der Waals surface area contributed by atoms with Crippen molar-refractivity contribution in [3.05, 3.63) is 18.7 Å². The molecule has 1 atom stereocenters. The van der Waals surface area contributed by atoms with Crippen molar-refractivity contribution in [3.8, 4) is 0 Å². The normalized spacial score (nSPS) is 12.3.